The Labute approximate surface area is 183 Å². The largest absolute Gasteiger partial charge is 0.507 e. The van der Waals surface area contributed by atoms with Gasteiger partial charge in [0.15, 0.2) is 0 Å². The van der Waals surface area contributed by atoms with Crippen LogP contribution in [-0.4, -0.2) is 10.1 Å². The molecule has 0 saturated carbocycles. The van der Waals surface area contributed by atoms with Crippen LogP contribution in [0.25, 0.3) is 0 Å². The molecule has 0 bridgehead atoms. The molecular formula is C28H34NO. The van der Waals surface area contributed by atoms with Gasteiger partial charge in [-0.15, -0.1) is 0 Å². The zero-order valence-corrected chi connectivity index (χ0v) is 18.6. The van der Waals surface area contributed by atoms with Gasteiger partial charge in [0, 0.05) is 0 Å². The third kappa shape index (κ3) is 8.34. The zero-order chi connectivity index (χ0) is 21.6. The molecule has 0 unspecified atom stereocenters. The van der Waals surface area contributed by atoms with Crippen LogP contribution in [0.5, 0.6) is 5.75 Å². The predicted molar refractivity (Wildman–Crippen MR) is 125 cm³/mol. The number of phenolic OH excluding ortho intramolecular Hbond substituents is 1. The Balaban J connectivity index is 2.08. The Hall–Kier alpha value is -2.71. The van der Waals surface area contributed by atoms with Gasteiger partial charge in [0.1, 0.15) is 17.1 Å². The molecule has 2 aromatic rings. The van der Waals surface area contributed by atoms with Gasteiger partial charge in [-0.2, -0.15) is 0 Å². The smallest absolute Gasteiger partial charge is 0.131 e. The van der Waals surface area contributed by atoms with Gasteiger partial charge in [0.2, 0.25) is 0 Å². The maximum absolute atomic E-state index is 10.2. The standard InChI is InChI=1S/C28H34NO/c1-4-7-9-10-11-13-15-24-21-26(6-3)29-27(22-24)18-17-25-20-23(14-12-8-5-2)16-19-28(25)30/h16,19-22,30H,4-5,7-15H2,1-2H3. The lowest BCUT2D eigenvalue weighted by Gasteiger charge is -2.04. The lowest BCUT2D eigenvalue weighted by molar-refractivity contribution is 0.473. The van der Waals surface area contributed by atoms with Crippen molar-refractivity contribution in [1.82, 2.24) is 4.98 Å². The first-order valence-electron chi connectivity index (χ1n) is 11.4. The highest BCUT2D eigenvalue weighted by Crippen LogP contribution is 2.19. The van der Waals surface area contributed by atoms with E-state index in [1.54, 1.807) is 6.07 Å². The number of hydrogen-bond acceptors (Lipinski definition) is 2. The van der Waals surface area contributed by atoms with Gasteiger partial charge in [-0.05, 0) is 79.3 Å². The van der Waals surface area contributed by atoms with E-state index in [1.165, 1.54) is 50.5 Å². The second-order valence-corrected chi connectivity index (χ2v) is 7.95. The van der Waals surface area contributed by atoms with Crippen molar-refractivity contribution in [3.8, 4) is 23.5 Å². The predicted octanol–water partition coefficient (Wildman–Crippen LogP) is 6.76. The first-order chi connectivity index (χ1) is 14.7. The molecule has 2 nitrogen and oxygen atoms in total. The van der Waals surface area contributed by atoms with Crippen LogP contribution in [0.15, 0.2) is 30.3 Å². The van der Waals surface area contributed by atoms with Crippen molar-refractivity contribution in [3.05, 3.63) is 64.8 Å². The van der Waals surface area contributed by atoms with Crippen LogP contribution in [0.1, 0.15) is 99.7 Å². The molecule has 0 aliphatic rings. The Bertz CT molecular complexity index is 895. The summed E-state index contributed by atoms with van der Waals surface area (Å²) < 4.78 is 0. The second-order valence-electron chi connectivity index (χ2n) is 7.95. The van der Waals surface area contributed by atoms with Gasteiger partial charge >= 0.3 is 0 Å². The number of aromatic nitrogens is 1. The Morgan fingerprint density at radius 1 is 0.767 bits per heavy atom. The third-order valence-corrected chi connectivity index (χ3v) is 5.29. The molecule has 0 atom stereocenters. The lowest BCUT2D eigenvalue weighted by Crippen LogP contribution is -1.94. The van der Waals surface area contributed by atoms with Crippen molar-refractivity contribution in [3.63, 3.8) is 0 Å². The van der Waals surface area contributed by atoms with Crippen molar-refractivity contribution in [2.75, 3.05) is 0 Å². The van der Waals surface area contributed by atoms with E-state index in [1.807, 2.05) is 24.3 Å². The number of rotatable bonds is 11. The van der Waals surface area contributed by atoms with Gasteiger partial charge in [-0.25, -0.2) is 4.98 Å². The van der Waals surface area contributed by atoms with Crippen molar-refractivity contribution in [1.29, 1.82) is 0 Å². The third-order valence-electron chi connectivity index (χ3n) is 5.29. The topological polar surface area (TPSA) is 33.1 Å². The van der Waals surface area contributed by atoms with E-state index in [0.29, 0.717) is 17.0 Å². The van der Waals surface area contributed by atoms with E-state index in [9.17, 15) is 5.11 Å². The van der Waals surface area contributed by atoms with E-state index in [-0.39, 0.29) is 5.75 Å². The molecule has 0 amide bonds. The second kappa shape index (κ2) is 13.5. The summed E-state index contributed by atoms with van der Waals surface area (Å²) in [6.07, 6.45) is 20.5. The molecule has 157 valence electrons. The highest BCUT2D eigenvalue weighted by molar-refractivity contribution is 5.50. The molecule has 1 radical (unpaired) electrons. The quantitative estimate of drug-likeness (QED) is 0.334. The molecule has 1 aromatic heterocycles. The average molecular weight is 401 g/mol. The molecule has 2 heteroatoms. The highest BCUT2D eigenvalue weighted by Gasteiger charge is 2.03. The maximum Gasteiger partial charge on any atom is 0.131 e. The summed E-state index contributed by atoms with van der Waals surface area (Å²) in [7, 11) is 0. The van der Waals surface area contributed by atoms with Crippen molar-refractivity contribution in [2.24, 2.45) is 0 Å². The molecule has 0 saturated heterocycles. The summed E-state index contributed by atoms with van der Waals surface area (Å²) in [6, 6.07) is 9.60. The molecular weight excluding hydrogens is 366 g/mol. The van der Waals surface area contributed by atoms with Crippen LogP contribution in [0.3, 0.4) is 0 Å². The monoisotopic (exact) mass is 400 g/mol. The number of pyridine rings is 1. The molecule has 1 aromatic carbocycles. The minimum absolute atomic E-state index is 0.198. The molecule has 30 heavy (non-hydrogen) atoms. The molecule has 0 spiro atoms. The number of phenols is 1. The fourth-order valence-corrected chi connectivity index (χ4v) is 3.52. The van der Waals surface area contributed by atoms with E-state index in [2.05, 4.69) is 36.6 Å². The Morgan fingerprint density at radius 2 is 1.40 bits per heavy atom. The zero-order valence-electron chi connectivity index (χ0n) is 18.6. The minimum Gasteiger partial charge on any atom is -0.507 e. The summed E-state index contributed by atoms with van der Waals surface area (Å²) in [5, 5.41) is 10.2. The van der Waals surface area contributed by atoms with Gasteiger partial charge in [0.05, 0.1) is 5.56 Å². The normalized spacial score (nSPS) is 10.3. The van der Waals surface area contributed by atoms with E-state index in [0.717, 1.165) is 31.2 Å². The van der Waals surface area contributed by atoms with Crippen LogP contribution in [0.2, 0.25) is 0 Å². The fraction of sp³-hybridized carbons (Fsp3) is 0.464. The number of benzene rings is 1. The van der Waals surface area contributed by atoms with Crippen LogP contribution >= 0.6 is 0 Å². The van der Waals surface area contributed by atoms with Gasteiger partial charge in [-0.1, -0.05) is 70.8 Å². The molecule has 0 fully saturated rings. The number of aryl methyl sites for hydroxylation is 2. The molecule has 1 N–H and O–H groups in total. The number of hydrogen-bond donors (Lipinski definition) is 1. The van der Waals surface area contributed by atoms with Crippen LogP contribution in [0, 0.1) is 24.2 Å². The highest BCUT2D eigenvalue weighted by atomic mass is 16.3. The molecule has 0 aliphatic carbocycles. The summed E-state index contributed by atoms with van der Waals surface area (Å²) in [5.41, 5.74) is 4.12. The van der Waals surface area contributed by atoms with Gasteiger partial charge < -0.3 is 5.11 Å². The van der Waals surface area contributed by atoms with Crippen molar-refractivity contribution in [2.45, 2.75) is 84.5 Å². The Morgan fingerprint density at radius 3 is 2.17 bits per heavy atom. The van der Waals surface area contributed by atoms with E-state index in [4.69, 9.17) is 6.42 Å². The summed E-state index contributed by atoms with van der Waals surface area (Å²) in [5.74, 6) is 8.76. The number of aromatic hydroxyl groups is 1. The summed E-state index contributed by atoms with van der Waals surface area (Å²) in [4.78, 5) is 4.39. The first-order valence-corrected chi connectivity index (χ1v) is 11.4. The van der Waals surface area contributed by atoms with Gasteiger partial charge in [-0.3, -0.25) is 0 Å². The summed E-state index contributed by atoms with van der Waals surface area (Å²) >= 11 is 0. The van der Waals surface area contributed by atoms with Crippen molar-refractivity contribution < 1.29 is 5.11 Å². The van der Waals surface area contributed by atoms with E-state index >= 15 is 0 Å². The molecule has 2 rings (SSSR count). The average Bonchev–Trinajstić information content (AvgIpc) is 2.76. The fourth-order valence-electron chi connectivity index (χ4n) is 3.52. The van der Waals surface area contributed by atoms with E-state index < -0.39 is 0 Å². The maximum atomic E-state index is 10.2. The Kier molecular flexibility index (Phi) is 10.6. The number of unbranched alkanes of at least 4 members (excludes halogenated alkanes) is 7. The van der Waals surface area contributed by atoms with Crippen LogP contribution in [0.4, 0.5) is 0 Å². The lowest BCUT2D eigenvalue weighted by atomic mass is 10.0. The molecule has 0 aliphatic heterocycles. The molecule has 1 heterocycles. The van der Waals surface area contributed by atoms with Gasteiger partial charge in [0.25, 0.3) is 0 Å². The minimum atomic E-state index is 0.198. The summed E-state index contributed by atoms with van der Waals surface area (Å²) in [6.45, 7) is 4.43. The van der Waals surface area contributed by atoms with Crippen LogP contribution < -0.4 is 0 Å². The van der Waals surface area contributed by atoms with Crippen LogP contribution in [-0.2, 0) is 12.8 Å². The SMILES string of the molecule is [C]#Cc1cc(CCCCCCCC)cc(C#Cc2cc(CCCCC)ccc2O)n1. The number of nitrogens with zero attached hydrogens (tertiary/aromatic N) is 1. The van der Waals surface area contributed by atoms with Crippen molar-refractivity contribution >= 4 is 0 Å². The first kappa shape index (κ1) is 23.6.